The van der Waals surface area contributed by atoms with Crippen molar-refractivity contribution >= 4 is 5.69 Å². The van der Waals surface area contributed by atoms with Crippen LogP contribution in [-0.4, -0.2) is 7.11 Å². The van der Waals surface area contributed by atoms with Gasteiger partial charge in [-0.05, 0) is 17.7 Å². The van der Waals surface area contributed by atoms with Gasteiger partial charge in [-0.2, -0.15) is 13.2 Å². The van der Waals surface area contributed by atoms with E-state index in [1.165, 1.54) is 19.2 Å². The highest BCUT2D eigenvalue weighted by atomic mass is 19.4. The van der Waals surface area contributed by atoms with Crippen molar-refractivity contribution in [3.8, 4) is 16.9 Å². The molecule has 0 spiro atoms. The Kier molecular flexibility index (Phi) is 3.38. The van der Waals surface area contributed by atoms with Gasteiger partial charge in [-0.3, -0.25) is 0 Å². The van der Waals surface area contributed by atoms with E-state index >= 15 is 0 Å². The molecule has 2 aromatic rings. The zero-order valence-electron chi connectivity index (χ0n) is 10.2. The van der Waals surface area contributed by atoms with Crippen LogP contribution < -0.4 is 10.5 Å². The maximum Gasteiger partial charge on any atom is 0.417 e. The van der Waals surface area contributed by atoms with E-state index in [1.807, 2.05) is 0 Å². The summed E-state index contributed by atoms with van der Waals surface area (Å²) in [5.74, 6) is 0.249. The van der Waals surface area contributed by atoms with Gasteiger partial charge in [0.25, 0.3) is 0 Å². The van der Waals surface area contributed by atoms with Crippen LogP contribution in [0.4, 0.5) is 18.9 Å². The molecule has 0 saturated heterocycles. The molecule has 0 unspecified atom stereocenters. The van der Waals surface area contributed by atoms with E-state index in [2.05, 4.69) is 0 Å². The molecule has 0 bridgehead atoms. The molecule has 0 saturated carbocycles. The second kappa shape index (κ2) is 4.84. The van der Waals surface area contributed by atoms with Crippen LogP contribution in [0.25, 0.3) is 11.1 Å². The fourth-order valence-corrected chi connectivity index (χ4v) is 1.96. The van der Waals surface area contributed by atoms with Crippen LogP contribution in [0.2, 0.25) is 0 Å². The lowest BCUT2D eigenvalue weighted by Crippen LogP contribution is -2.07. The average molecular weight is 267 g/mol. The van der Waals surface area contributed by atoms with Gasteiger partial charge < -0.3 is 10.5 Å². The number of para-hydroxylation sites is 1. The second-order valence-electron chi connectivity index (χ2n) is 3.97. The first kappa shape index (κ1) is 13.3. The Morgan fingerprint density at radius 1 is 0.947 bits per heavy atom. The molecule has 2 nitrogen and oxygen atoms in total. The normalized spacial score (nSPS) is 11.4. The molecule has 0 heterocycles. The number of methoxy groups -OCH3 is 1. The number of hydrogen-bond donors (Lipinski definition) is 1. The number of halogens is 3. The van der Waals surface area contributed by atoms with E-state index in [0.717, 1.165) is 6.07 Å². The van der Waals surface area contributed by atoms with Crippen molar-refractivity contribution in [3.05, 3.63) is 48.0 Å². The van der Waals surface area contributed by atoms with Gasteiger partial charge in [0, 0.05) is 5.56 Å². The number of hydrogen-bond acceptors (Lipinski definition) is 2. The van der Waals surface area contributed by atoms with E-state index in [4.69, 9.17) is 10.5 Å². The Bertz CT molecular complexity index is 593. The van der Waals surface area contributed by atoms with Crippen LogP contribution >= 0.6 is 0 Å². The maximum atomic E-state index is 13.0. The smallest absolute Gasteiger partial charge is 0.417 e. The van der Waals surface area contributed by atoms with Crippen molar-refractivity contribution in [2.24, 2.45) is 0 Å². The van der Waals surface area contributed by atoms with Gasteiger partial charge in [-0.1, -0.05) is 30.3 Å². The lowest BCUT2D eigenvalue weighted by molar-refractivity contribution is -0.137. The number of anilines is 1. The third-order valence-corrected chi connectivity index (χ3v) is 2.77. The molecule has 0 aromatic heterocycles. The van der Waals surface area contributed by atoms with Crippen LogP contribution in [0.15, 0.2) is 42.5 Å². The number of ether oxygens (including phenoxy) is 1. The molecule has 2 rings (SSSR count). The van der Waals surface area contributed by atoms with Crippen LogP contribution in [0.1, 0.15) is 5.56 Å². The molecule has 2 aromatic carbocycles. The molecule has 0 atom stereocenters. The minimum atomic E-state index is -4.42. The van der Waals surface area contributed by atoms with Gasteiger partial charge in [-0.25, -0.2) is 0 Å². The molecular weight excluding hydrogens is 255 g/mol. The van der Waals surface area contributed by atoms with Crippen molar-refractivity contribution in [2.75, 3.05) is 12.8 Å². The molecule has 0 radical (unpaired) electrons. The van der Waals surface area contributed by atoms with E-state index < -0.39 is 11.7 Å². The molecule has 5 heteroatoms. The highest BCUT2D eigenvalue weighted by Gasteiger charge is 2.34. The van der Waals surface area contributed by atoms with Gasteiger partial charge in [0.1, 0.15) is 5.75 Å². The Labute approximate surface area is 108 Å². The minimum Gasteiger partial charge on any atom is -0.494 e. The van der Waals surface area contributed by atoms with Crippen molar-refractivity contribution in [1.82, 2.24) is 0 Å². The third-order valence-electron chi connectivity index (χ3n) is 2.77. The molecule has 100 valence electrons. The minimum absolute atomic E-state index is 0.0548. The summed E-state index contributed by atoms with van der Waals surface area (Å²) in [4.78, 5) is 0. The summed E-state index contributed by atoms with van der Waals surface area (Å²) in [6.45, 7) is 0. The molecule has 0 fully saturated rings. The van der Waals surface area contributed by atoms with Gasteiger partial charge >= 0.3 is 6.18 Å². The number of alkyl halides is 3. The highest BCUT2D eigenvalue weighted by Crippen LogP contribution is 2.41. The fraction of sp³-hybridized carbons (Fsp3) is 0.143. The van der Waals surface area contributed by atoms with Crippen molar-refractivity contribution < 1.29 is 17.9 Å². The zero-order valence-corrected chi connectivity index (χ0v) is 10.2. The standard InChI is InChI=1S/C14H12F3NO/c1-19-13-10(6-4-8-12(13)18)9-5-2-3-7-11(9)14(15,16)17/h2-8H,18H2,1H3. The van der Waals surface area contributed by atoms with E-state index in [1.54, 1.807) is 24.3 Å². The van der Waals surface area contributed by atoms with Gasteiger partial charge in [0.2, 0.25) is 0 Å². The second-order valence-corrected chi connectivity index (χ2v) is 3.97. The van der Waals surface area contributed by atoms with Crippen molar-refractivity contribution in [3.63, 3.8) is 0 Å². The number of benzene rings is 2. The Morgan fingerprint density at radius 3 is 2.21 bits per heavy atom. The Morgan fingerprint density at radius 2 is 1.58 bits per heavy atom. The molecule has 0 aliphatic carbocycles. The summed E-state index contributed by atoms with van der Waals surface area (Å²) in [7, 11) is 1.38. The summed E-state index contributed by atoms with van der Waals surface area (Å²) in [6.07, 6.45) is -4.42. The lowest BCUT2D eigenvalue weighted by Gasteiger charge is -2.16. The topological polar surface area (TPSA) is 35.2 Å². The SMILES string of the molecule is COc1c(N)cccc1-c1ccccc1C(F)(F)F. The quantitative estimate of drug-likeness (QED) is 0.836. The van der Waals surface area contributed by atoms with Crippen LogP contribution in [0.3, 0.4) is 0 Å². The Balaban J connectivity index is 2.70. The molecular formula is C14H12F3NO. The predicted octanol–water partition coefficient (Wildman–Crippen LogP) is 3.96. The third kappa shape index (κ3) is 2.50. The first-order valence-corrected chi connectivity index (χ1v) is 5.54. The van der Waals surface area contributed by atoms with Crippen molar-refractivity contribution in [2.45, 2.75) is 6.18 Å². The first-order chi connectivity index (χ1) is 8.95. The van der Waals surface area contributed by atoms with Crippen LogP contribution in [0, 0.1) is 0 Å². The summed E-state index contributed by atoms with van der Waals surface area (Å²) in [5, 5.41) is 0. The summed E-state index contributed by atoms with van der Waals surface area (Å²) in [5.41, 5.74) is 5.70. The average Bonchev–Trinajstić information content (AvgIpc) is 2.37. The van der Waals surface area contributed by atoms with E-state index in [-0.39, 0.29) is 11.3 Å². The maximum absolute atomic E-state index is 13.0. The number of nitrogen functional groups attached to an aromatic ring is 1. The van der Waals surface area contributed by atoms with Crippen LogP contribution in [-0.2, 0) is 6.18 Å². The van der Waals surface area contributed by atoms with Crippen molar-refractivity contribution in [1.29, 1.82) is 0 Å². The zero-order chi connectivity index (χ0) is 14.0. The Hall–Kier alpha value is -2.17. The largest absolute Gasteiger partial charge is 0.494 e. The summed E-state index contributed by atoms with van der Waals surface area (Å²) >= 11 is 0. The number of nitrogens with two attached hydrogens (primary N) is 1. The van der Waals surface area contributed by atoms with Crippen LogP contribution in [0.5, 0.6) is 5.75 Å². The molecule has 2 N–H and O–H groups in total. The van der Waals surface area contributed by atoms with E-state index in [9.17, 15) is 13.2 Å². The van der Waals surface area contributed by atoms with Gasteiger partial charge in [0.05, 0.1) is 18.4 Å². The number of rotatable bonds is 2. The molecule has 0 amide bonds. The monoisotopic (exact) mass is 267 g/mol. The predicted molar refractivity (Wildman–Crippen MR) is 67.8 cm³/mol. The first-order valence-electron chi connectivity index (χ1n) is 5.54. The molecule has 0 aliphatic rings. The van der Waals surface area contributed by atoms with E-state index in [0.29, 0.717) is 11.3 Å². The lowest BCUT2D eigenvalue weighted by atomic mass is 9.98. The molecule has 0 aliphatic heterocycles. The van der Waals surface area contributed by atoms with Gasteiger partial charge in [-0.15, -0.1) is 0 Å². The summed E-state index contributed by atoms with van der Waals surface area (Å²) < 4.78 is 44.1. The fourth-order valence-electron chi connectivity index (χ4n) is 1.96. The summed E-state index contributed by atoms with van der Waals surface area (Å²) in [6, 6.07) is 10.1. The highest BCUT2D eigenvalue weighted by molar-refractivity contribution is 5.79. The molecule has 19 heavy (non-hydrogen) atoms. The van der Waals surface area contributed by atoms with Gasteiger partial charge in [0.15, 0.2) is 0 Å².